The van der Waals surface area contributed by atoms with E-state index in [1.54, 1.807) is 0 Å². The summed E-state index contributed by atoms with van der Waals surface area (Å²) < 4.78 is 5.98. The van der Waals surface area contributed by atoms with E-state index in [4.69, 9.17) is 10.6 Å². The molecule has 1 fully saturated rings. The lowest BCUT2D eigenvalue weighted by atomic mass is 10.0. The molecule has 38 heavy (non-hydrogen) atoms. The number of aliphatic carboxylic acids is 1. The molecule has 0 radical (unpaired) electrons. The van der Waals surface area contributed by atoms with E-state index in [0.717, 1.165) is 35.5 Å². The number of allylic oxidation sites excluding steroid dienone is 1. The number of hydrogen-bond donors (Lipinski definition) is 3. The first kappa shape index (κ1) is 25.9. The maximum Gasteiger partial charge on any atom is 0.352 e. The standard InChI is InChI=1S/C24H25N7O5S2/c1-12-7-13(2)9-30(8-12)10-14-11-37-22-17(21(33)31(22)18(14)23(34)35)26-20(32)16(19-27-24(25)38-29-19)28-36-15-5-3-4-6-15/h3,5,7-9,15,17,22H,4,6,10-11H2,1-2H3,(H3-,25,26,27,29,32,34,35)/p+1/t15?,17?,22-/m1/s1. The van der Waals surface area contributed by atoms with E-state index in [0.29, 0.717) is 17.9 Å². The number of nitrogen functional groups attached to an aromatic ring is 1. The molecule has 14 heteroatoms. The smallest absolute Gasteiger partial charge is 0.352 e. The molecule has 2 aliphatic heterocycles. The van der Waals surface area contributed by atoms with Gasteiger partial charge in [0.2, 0.25) is 11.5 Å². The second-order valence-electron chi connectivity index (χ2n) is 9.23. The number of aryl methyl sites for hydroxylation is 2. The van der Waals surface area contributed by atoms with E-state index in [-0.39, 0.29) is 28.5 Å². The Bertz CT molecular complexity index is 1380. The second-order valence-corrected chi connectivity index (χ2v) is 11.1. The number of oxime groups is 1. The molecule has 2 aromatic rings. The molecule has 1 aliphatic carbocycles. The highest BCUT2D eigenvalue weighted by molar-refractivity contribution is 8.00. The molecular weight excluding hydrogens is 530 g/mol. The summed E-state index contributed by atoms with van der Waals surface area (Å²) in [6.07, 6.45) is 8.97. The summed E-state index contributed by atoms with van der Waals surface area (Å²) in [5.74, 6) is -2.02. The van der Waals surface area contributed by atoms with Gasteiger partial charge in [0, 0.05) is 34.0 Å². The Kier molecular flexibility index (Phi) is 7.17. The number of hydrogen-bond acceptors (Lipinski definition) is 10. The molecule has 0 spiro atoms. The topological polar surface area (TPSA) is 164 Å². The number of nitrogens with zero attached hydrogens (tertiary/aromatic N) is 5. The summed E-state index contributed by atoms with van der Waals surface area (Å²) in [6, 6.07) is 1.09. The Morgan fingerprint density at radius 2 is 2.11 bits per heavy atom. The van der Waals surface area contributed by atoms with Gasteiger partial charge in [0.15, 0.2) is 24.1 Å². The minimum absolute atomic E-state index is 0.00854. The Morgan fingerprint density at radius 1 is 1.34 bits per heavy atom. The van der Waals surface area contributed by atoms with Gasteiger partial charge in [-0.2, -0.15) is 9.36 Å². The molecular formula is C24H26N7O5S2+. The van der Waals surface area contributed by atoms with Crippen LogP contribution in [0.5, 0.6) is 0 Å². The molecule has 3 aliphatic rings. The van der Waals surface area contributed by atoms with E-state index in [2.05, 4.69) is 19.8 Å². The zero-order valence-electron chi connectivity index (χ0n) is 20.7. The number of carboxylic acid groups (broad SMARTS) is 1. The molecule has 4 heterocycles. The minimum atomic E-state index is -1.18. The number of fused-ring (bicyclic) bond motifs is 1. The fourth-order valence-electron chi connectivity index (χ4n) is 4.65. The Hall–Kier alpha value is -3.78. The van der Waals surface area contributed by atoms with Crippen molar-refractivity contribution in [2.24, 2.45) is 5.16 Å². The molecule has 2 aromatic heterocycles. The largest absolute Gasteiger partial charge is 0.477 e. The molecule has 2 amide bonds. The maximum absolute atomic E-state index is 13.2. The van der Waals surface area contributed by atoms with Crippen LogP contribution in [0.15, 0.2) is 47.0 Å². The zero-order chi connectivity index (χ0) is 27.0. The first-order valence-corrected chi connectivity index (χ1v) is 13.7. The molecule has 12 nitrogen and oxygen atoms in total. The Labute approximate surface area is 226 Å². The van der Waals surface area contributed by atoms with Gasteiger partial charge in [-0.15, -0.1) is 11.8 Å². The number of β-lactam (4-membered cyclic amide) rings is 1. The molecule has 198 valence electrons. The summed E-state index contributed by atoms with van der Waals surface area (Å²) >= 11 is 2.30. The molecule has 0 bridgehead atoms. The summed E-state index contributed by atoms with van der Waals surface area (Å²) in [5.41, 5.74) is 8.16. The van der Waals surface area contributed by atoms with Gasteiger partial charge in [-0.05, 0) is 38.8 Å². The van der Waals surface area contributed by atoms with Gasteiger partial charge in [0.05, 0.1) is 0 Å². The number of pyridine rings is 1. The third kappa shape index (κ3) is 5.13. The SMILES string of the molecule is Cc1cc(C)c[n+](CC2=C(C(=O)O)N3C(=O)C(NC(=O)C(=NOC4C=CCC4)c4nsc(N)n4)[C@H]3SC2)c1. The van der Waals surface area contributed by atoms with Crippen LogP contribution in [-0.4, -0.2) is 66.1 Å². The van der Waals surface area contributed by atoms with Crippen molar-refractivity contribution in [2.45, 2.75) is 50.8 Å². The summed E-state index contributed by atoms with van der Waals surface area (Å²) in [7, 11) is 0. The number of amides is 2. The summed E-state index contributed by atoms with van der Waals surface area (Å²) in [6.45, 7) is 4.28. The number of carbonyl (C=O) groups is 3. The normalized spacial score (nSPS) is 22.8. The van der Waals surface area contributed by atoms with Crippen molar-refractivity contribution in [3.63, 3.8) is 0 Å². The number of carboxylic acids is 1. The fraction of sp³-hybridized carbons (Fsp3) is 0.375. The molecule has 2 unspecified atom stereocenters. The molecule has 0 aromatic carbocycles. The van der Waals surface area contributed by atoms with Crippen molar-refractivity contribution in [1.29, 1.82) is 0 Å². The summed E-state index contributed by atoms with van der Waals surface area (Å²) in [5, 5.41) is 16.2. The highest BCUT2D eigenvalue weighted by atomic mass is 32.2. The van der Waals surface area contributed by atoms with Crippen LogP contribution in [0.4, 0.5) is 5.13 Å². The molecule has 3 atom stereocenters. The number of rotatable bonds is 8. The van der Waals surface area contributed by atoms with Crippen LogP contribution >= 0.6 is 23.3 Å². The average molecular weight is 557 g/mol. The maximum atomic E-state index is 13.2. The quantitative estimate of drug-likeness (QED) is 0.141. The highest BCUT2D eigenvalue weighted by Gasteiger charge is 2.55. The van der Waals surface area contributed by atoms with Crippen molar-refractivity contribution in [1.82, 2.24) is 19.6 Å². The van der Waals surface area contributed by atoms with E-state index in [1.807, 2.05) is 49.0 Å². The van der Waals surface area contributed by atoms with Crippen LogP contribution in [0.25, 0.3) is 0 Å². The van der Waals surface area contributed by atoms with Crippen LogP contribution in [-0.2, 0) is 25.8 Å². The van der Waals surface area contributed by atoms with Crippen molar-refractivity contribution >= 4 is 51.9 Å². The predicted molar refractivity (Wildman–Crippen MR) is 140 cm³/mol. The monoisotopic (exact) mass is 556 g/mol. The Balaban J connectivity index is 1.34. The number of carbonyl (C=O) groups excluding carboxylic acids is 2. The van der Waals surface area contributed by atoms with Gasteiger partial charge in [-0.25, -0.2) is 9.36 Å². The van der Waals surface area contributed by atoms with E-state index in [9.17, 15) is 19.5 Å². The molecule has 4 N–H and O–H groups in total. The summed E-state index contributed by atoms with van der Waals surface area (Å²) in [4.78, 5) is 49.3. The second kappa shape index (κ2) is 10.5. The van der Waals surface area contributed by atoms with Crippen molar-refractivity contribution in [3.8, 4) is 0 Å². The first-order valence-electron chi connectivity index (χ1n) is 11.9. The number of thioether (sulfide) groups is 1. The number of nitrogens with two attached hydrogens (primary N) is 1. The first-order chi connectivity index (χ1) is 18.2. The highest BCUT2D eigenvalue weighted by Crippen LogP contribution is 2.40. The van der Waals surface area contributed by atoms with Crippen LogP contribution in [0, 0.1) is 13.8 Å². The lowest BCUT2D eigenvalue weighted by molar-refractivity contribution is -0.689. The minimum Gasteiger partial charge on any atom is -0.477 e. The van der Waals surface area contributed by atoms with Gasteiger partial charge >= 0.3 is 5.97 Å². The van der Waals surface area contributed by atoms with Crippen LogP contribution in [0.1, 0.15) is 29.8 Å². The van der Waals surface area contributed by atoms with Gasteiger partial charge in [0.1, 0.15) is 23.2 Å². The van der Waals surface area contributed by atoms with Gasteiger partial charge in [0.25, 0.3) is 11.8 Å². The van der Waals surface area contributed by atoms with Crippen molar-refractivity contribution in [3.05, 3.63) is 58.8 Å². The number of anilines is 1. The van der Waals surface area contributed by atoms with Crippen molar-refractivity contribution in [2.75, 3.05) is 11.5 Å². The number of aromatic nitrogens is 3. The lowest BCUT2D eigenvalue weighted by Gasteiger charge is -2.49. The van der Waals surface area contributed by atoms with Crippen molar-refractivity contribution < 1.29 is 28.9 Å². The third-order valence-electron chi connectivity index (χ3n) is 6.22. The molecule has 0 saturated carbocycles. The van der Waals surface area contributed by atoms with E-state index in [1.165, 1.54) is 16.7 Å². The third-order valence-corrected chi connectivity index (χ3v) is 8.10. The zero-order valence-corrected chi connectivity index (χ0v) is 22.3. The van der Waals surface area contributed by atoms with E-state index >= 15 is 0 Å². The van der Waals surface area contributed by atoms with E-state index < -0.39 is 29.2 Å². The molecule has 5 rings (SSSR count). The van der Waals surface area contributed by atoms with Crippen LogP contribution in [0.2, 0.25) is 0 Å². The van der Waals surface area contributed by atoms with Crippen LogP contribution < -0.4 is 15.6 Å². The van der Waals surface area contributed by atoms with Gasteiger partial charge in [-0.1, -0.05) is 11.2 Å². The predicted octanol–water partition coefficient (Wildman–Crippen LogP) is 0.903. The molecule has 1 saturated heterocycles. The van der Waals surface area contributed by atoms with Crippen LogP contribution in [0.3, 0.4) is 0 Å². The van der Waals surface area contributed by atoms with Gasteiger partial charge in [-0.3, -0.25) is 14.5 Å². The number of nitrogens with one attached hydrogen (secondary N) is 1. The fourth-order valence-corrected chi connectivity index (χ4v) is 6.42. The van der Waals surface area contributed by atoms with Gasteiger partial charge < -0.3 is 21.0 Å². The Morgan fingerprint density at radius 3 is 2.74 bits per heavy atom. The lowest BCUT2D eigenvalue weighted by Crippen LogP contribution is -2.71. The average Bonchev–Trinajstić information content (AvgIpc) is 3.53.